The van der Waals surface area contributed by atoms with Crippen LogP contribution in [0.25, 0.3) is 10.9 Å². The quantitative estimate of drug-likeness (QED) is 0.587. The molecule has 6 heteroatoms. The normalized spacial score (nSPS) is 10.7. The van der Waals surface area contributed by atoms with Crippen LogP contribution in [0, 0.1) is 0 Å². The number of benzene rings is 2. The summed E-state index contributed by atoms with van der Waals surface area (Å²) in [7, 11) is 1.63. The average molecular weight is 393 g/mol. The van der Waals surface area contributed by atoms with Gasteiger partial charge < -0.3 is 19.9 Å². The number of aromatic nitrogens is 1. The molecule has 1 heterocycles. The second-order valence-electron chi connectivity index (χ2n) is 6.96. The number of methoxy groups -OCH3 is 1. The summed E-state index contributed by atoms with van der Waals surface area (Å²) in [6.07, 6.45) is 3.33. The van der Waals surface area contributed by atoms with E-state index >= 15 is 0 Å². The van der Waals surface area contributed by atoms with Gasteiger partial charge in [0, 0.05) is 37.1 Å². The van der Waals surface area contributed by atoms with Crippen molar-refractivity contribution in [1.82, 2.24) is 15.2 Å². The van der Waals surface area contributed by atoms with Crippen LogP contribution in [0.2, 0.25) is 0 Å². The molecule has 0 spiro atoms. The second-order valence-corrected chi connectivity index (χ2v) is 6.96. The summed E-state index contributed by atoms with van der Waals surface area (Å²) in [5, 5.41) is 4.05. The van der Waals surface area contributed by atoms with Crippen molar-refractivity contribution < 1.29 is 14.3 Å². The molecule has 3 aromatic rings. The zero-order valence-electron chi connectivity index (χ0n) is 16.9. The molecule has 2 aromatic carbocycles. The third-order valence-electron chi connectivity index (χ3n) is 5.01. The average Bonchev–Trinajstić information content (AvgIpc) is 3.14. The Bertz CT molecular complexity index is 980. The van der Waals surface area contributed by atoms with Gasteiger partial charge in [-0.3, -0.25) is 9.59 Å². The number of H-pyrrole nitrogens is 1. The van der Waals surface area contributed by atoms with Crippen molar-refractivity contribution in [1.29, 1.82) is 0 Å². The first-order valence-corrected chi connectivity index (χ1v) is 9.77. The largest absolute Gasteiger partial charge is 0.496 e. The minimum atomic E-state index is -0.158. The lowest BCUT2D eigenvalue weighted by Gasteiger charge is -2.20. The van der Waals surface area contributed by atoms with Crippen molar-refractivity contribution >= 4 is 22.7 Å². The van der Waals surface area contributed by atoms with Gasteiger partial charge in [-0.1, -0.05) is 36.4 Å². The Morgan fingerprint density at radius 1 is 1.03 bits per heavy atom. The predicted molar refractivity (Wildman–Crippen MR) is 114 cm³/mol. The number of ether oxygens (including phenoxy) is 1. The molecule has 152 valence electrons. The molecule has 0 aliphatic heterocycles. The van der Waals surface area contributed by atoms with Gasteiger partial charge in [-0.05, 0) is 36.1 Å². The maximum absolute atomic E-state index is 12.3. The van der Waals surface area contributed by atoms with Gasteiger partial charge in [0.25, 0.3) is 0 Å². The van der Waals surface area contributed by atoms with Crippen molar-refractivity contribution in [2.24, 2.45) is 0 Å². The minimum Gasteiger partial charge on any atom is -0.496 e. The number of fused-ring (bicyclic) bond motifs is 1. The first-order chi connectivity index (χ1) is 14.1. The highest BCUT2D eigenvalue weighted by Gasteiger charge is 2.14. The van der Waals surface area contributed by atoms with Crippen molar-refractivity contribution in [3.8, 4) is 5.75 Å². The fraction of sp³-hybridized carbons (Fsp3) is 0.304. The molecule has 0 bridgehead atoms. The zero-order valence-corrected chi connectivity index (χ0v) is 16.9. The summed E-state index contributed by atoms with van der Waals surface area (Å²) < 4.78 is 5.33. The number of carbonyl (C=O) groups is 2. The summed E-state index contributed by atoms with van der Waals surface area (Å²) in [5.74, 6) is 0.546. The van der Waals surface area contributed by atoms with E-state index in [1.807, 2.05) is 48.7 Å². The lowest BCUT2D eigenvalue weighted by Crippen LogP contribution is -2.41. The SMILES string of the molecule is COc1ccccc1CCNC(=O)CN(CCc1c[nH]c2ccccc12)C(C)=O. The standard InChI is InChI=1S/C23H27N3O3/c1-17(27)26(14-12-19-15-25-21-9-5-4-8-20(19)21)16-23(28)24-13-11-18-7-3-6-10-22(18)29-2/h3-10,15,25H,11-14,16H2,1-2H3,(H,24,28). The Labute approximate surface area is 170 Å². The fourth-order valence-corrected chi connectivity index (χ4v) is 3.42. The van der Waals surface area contributed by atoms with E-state index in [9.17, 15) is 9.59 Å². The molecule has 2 N–H and O–H groups in total. The highest BCUT2D eigenvalue weighted by Crippen LogP contribution is 2.19. The highest BCUT2D eigenvalue weighted by atomic mass is 16.5. The second kappa shape index (κ2) is 9.78. The number of amides is 2. The molecular formula is C23H27N3O3. The summed E-state index contributed by atoms with van der Waals surface area (Å²) >= 11 is 0. The van der Waals surface area contributed by atoms with Crippen LogP contribution < -0.4 is 10.1 Å². The van der Waals surface area contributed by atoms with E-state index in [1.54, 1.807) is 12.0 Å². The van der Waals surface area contributed by atoms with Gasteiger partial charge in [0.05, 0.1) is 13.7 Å². The number of para-hydroxylation sites is 2. The molecule has 0 aliphatic rings. The van der Waals surface area contributed by atoms with Gasteiger partial charge in [0.1, 0.15) is 5.75 Å². The van der Waals surface area contributed by atoms with E-state index in [1.165, 1.54) is 6.92 Å². The van der Waals surface area contributed by atoms with Crippen molar-refractivity contribution in [2.45, 2.75) is 19.8 Å². The van der Waals surface area contributed by atoms with E-state index in [4.69, 9.17) is 4.74 Å². The van der Waals surface area contributed by atoms with Gasteiger partial charge >= 0.3 is 0 Å². The van der Waals surface area contributed by atoms with Gasteiger partial charge in [-0.25, -0.2) is 0 Å². The first-order valence-electron chi connectivity index (χ1n) is 9.77. The molecule has 0 aliphatic carbocycles. The molecule has 0 saturated carbocycles. The van der Waals surface area contributed by atoms with E-state index in [0.717, 1.165) is 27.8 Å². The molecule has 0 atom stereocenters. The Balaban J connectivity index is 1.50. The van der Waals surface area contributed by atoms with E-state index in [-0.39, 0.29) is 18.4 Å². The fourth-order valence-electron chi connectivity index (χ4n) is 3.42. The molecule has 0 unspecified atom stereocenters. The number of nitrogens with one attached hydrogen (secondary N) is 2. The number of rotatable bonds is 9. The highest BCUT2D eigenvalue weighted by molar-refractivity contribution is 5.84. The molecule has 1 aromatic heterocycles. The number of aromatic amines is 1. The Hall–Kier alpha value is -3.28. The molecule has 0 saturated heterocycles. The van der Waals surface area contributed by atoms with E-state index < -0.39 is 0 Å². The van der Waals surface area contributed by atoms with Crippen LogP contribution >= 0.6 is 0 Å². The number of hydrogen-bond acceptors (Lipinski definition) is 3. The van der Waals surface area contributed by atoms with Crippen molar-refractivity contribution in [2.75, 3.05) is 26.7 Å². The van der Waals surface area contributed by atoms with E-state index in [0.29, 0.717) is 25.9 Å². The lowest BCUT2D eigenvalue weighted by molar-refractivity contribution is -0.134. The molecule has 29 heavy (non-hydrogen) atoms. The summed E-state index contributed by atoms with van der Waals surface area (Å²) in [6.45, 7) is 2.55. The number of carbonyl (C=O) groups excluding carboxylic acids is 2. The van der Waals surface area contributed by atoms with Crippen LogP contribution in [0.5, 0.6) is 5.75 Å². The Morgan fingerprint density at radius 3 is 2.59 bits per heavy atom. The predicted octanol–water partition coefficient (Wildman–Crippen LogP) is 2.93. The van der Waals surface area contributed by atoms with Crippen molar-refractivity contribution in [3.63, 3.8) is 0 Å². The molecule has 0 fully saturated rings. The van der Waals surface area contributed by atoms with Crippen LogP contribution in [0.3, 0.4) is 0 Å². The first kappa shape index (κ1) is 20.5. The number of hydrogen-bond donors (Lipinski definition) is 2. The van der Waals surface area contributed by atoms with E-state index in [2.05, 4.69) is 16.4 Å². The Kier molecular flexibility index (Phi) is 6.89. The van der Waals surface area contributed by atoms with Gasteiger partial charge in [0.2, 0.25) is 11.8 Å². The van der Waals surface area contributed by atoms with Gasteiger partial charge in [-0.2, -0.15) is 0 Å². The molecule has 0 radical (unpaired) electrons. The smallest absolute Gasteiger partial charge is 0.239 e. The maximum Gasteiger partial charge on any atom is 0.239 e. The van der Waals surface area contributed by atoms with Crippen molar-refractivity contribution in [3.05, 3.63) is 65.9 Å². The topological polar surface area (TPSA) is 74.4 Å². The van der Waals surface area contributed by atoms with Crippen LogP contribution in [0.15, 0.2) is 54.7 Å². The van der Waals surface area contributed by atoms with Gasteiger partial charge in [0.15, 0.2) is 0 Å². The lowest BCUT2D eigenvalue weighted by atomic mass is 10.1. The summed E-state index contributed by atoms with van der Waals surface area (Å²) in [4.78, 5) is 29.2. The summed E-state index contributed by atoms with van der Waals surface area (Å²) in [5.41, 5.74) is 3.26. The maximum atomic E-state index is 12.3. The molecular weight excluding hydrogens is 366 g/mol. The molecule has 3 rings (SSSR count). The van der Waals surface area contributed by atoms with Crippen LogP contribution in [-0.2, 0) is 22.4 Å². The third-order valence-corrected chi connectivity index (χ3v) is 5.01. The van der Waals surface area contributed by atoms with Crippen LogP contribution in [0.1, 0.15) is 18.1 Å². The van der Waals surface area contributed by atoms with Crippen LogP contribution in [-0.4, -0.2) is 48.4 Å². The number of nitrogens with zero attached hydrogens (tertiary/aromatic N) is 1. The Morgan fingerprint density at radius 2 is 1.79 bits per heavy atom. The molecule has 2 amide bonds. The van der Waals surface area contributed by atoms with Gasteiger partial charge in [-0.15, -0.1) is 0 Å². The molecule has 6 nitrogen and oxygen atoms in total. The zero-order chi connectivity index (χ0) is 20.6. The van der Waals surface area contributed by atoms with Crippen LogP contribution in [0.4, 0.5) is 0 Å². The monoisotopic (exact) mass is 393 g/mol. The minimum absolute atomic E-state index is 0.0591. The third kappa shape index (κ3) is 5.38. The summed E-state index contributed by atoms with van der Waals surface area (Å²) in [6, 6.07) is 15.8.